The second kappa shape index (κ2) is 22.7. The number of carbonyl (C=O) groups is 2. The fraction of sp³-hybridized carbons (Fsp3) is 0.180. The number of nitrogens with zero attached hydrogens (tertiary/aromatic N) is 2. The van der Waals surface area contributed by atoms with Crippen molar-refractivity contribution in [1.29, 1.82) is 0 Å². The molecule has 1 spiro atoms. The number of quaternary nitrogens is 1. The molecule has 80 heavy (non-hydrogen) atoms. The predicted octanol–water partition coefficient (Wildman–Crippen LogP) is 14.1. The number of hydrogen-bond acceptors (Lipinski definition) is 9. The molecule has 1 aromatic heterocycles. The molecule has 0 saturated carbocycles. The van der Waals surface area contributed by atoms with E-state index in [0.29, 0.717) is 80.3 Å². The molecule has 1 aliphatic carbocycles. The zero-order valence-corrected chi connectivity index (χ0v) is 49.9. The maximum Gasteiger partial charge on any atom is 0.374 e. The van der Waals surface area contributed by atoms with Gasteiger partial charge in [-0.15, -0.1) is 0 Å². The highest BCUT2D eigenvalue weighted by atomic mass is 79.9. The van der Waals surface area contributed by atoms with Crippen molar-refractivity contribution < 1.29 is 45.8 Å². The summed E-state index contributed by atoms with van der Waals surface area (Å²) in [5, 5.41) is 16.1. The number of aromatic hydroxyl groups is 1. The van der Waals surface area contributed by atoms with Crippen LogP contribution in [0, 0.1) is 0 Å². The highest BCUT2D eigenvalue weighted by Gasteiger charge is 2.72. The third-order valence-corrected chi connectivity index (χ3v) is 18.4. The number of rotatable bonds is 17. The van der Waals surface area contributed by atoms with E-state index in [0.717, 1.165) is 46.2 Å². The number of ether oxygens (including phenoxy) is 1. The van der Waals surface area contributed by atoms with E-state index < -0.39 is 15.5 Å². The zero-order valence-electron chi connectivity index (χ0n) is 42.8. The van der Waals surface area contributed by atoms with Crippen molar-refractivity contribution in [2.75, 3.05) is 19.6 Å². The molecule has 2 atom stereocenters. The number of nitrogens with one attached hydrogen (secondary N) is 2. The number of unbranched alkanes of at least 4 members (excludes halogenated alkanes) is 2. The molecule has 2 unspecified atom stereocenters. The normalized spacial score (nSPS) is 16.4. The van der Waals surface area contributed by atoms with E-state index in [9.17, 15) is 32.5 Å². The van der Waals surface area contributed by atoms with Gasteiger partial charge in [-0.3, -0.25) is 18.9 Å². The smallest absolute Gasteiger partial charge is 0.374 e. The van der Waals surface area contributed by atoms with Gasteiger partial charge in [0.2, 0.25) is 16.9 Å². The van der Waals surface area contributed by atoms with E-state index >= 15 is 0 Å². The lowest BCUT2D eigenvalue weighted by atomic mass is 9.90. The molecule has 0 bridgehead atoms. The standard InChI is InChI=1S/C61H48Br4N4O10S/c1-2-35(29-52-69(34-53(69)80(74,75)76)47-31-39(22-24-49(47)78-52)37-16-8-4-9-17-37)28-51-68(46-30-38(21-23-48(46)77-51)36-14-6-3-7-15-36)27-13-5-10-20-50(70)66-25-26-67-61(73)41-19-12-11-18-40(41)54-42-32-44(62)57(71)55(64)59(42)79-60-43(54)33-45(63)58(72)56(60)65/h3-4,6-9,11-12,14-19,21-24,28-33,53H,2,5,10,13,20,25-27,34H2,1H3,(H2-2,66,67,70,71,72,73,74,75,76)/p+2. The van der Waals surface area contributed by atoms with Crippen LogP contribution >= 0.6 is 63.7 Å². The summed E-state index contributed by atoms with van der Waals surface area (Å²) in [6.07, 6.45) is 6.72. The van der Waals surface area contributed by atoms with Crippen LogP contribution in [0.25, 0.3) is 72.8 Å². The quantitative estimate of drug-likeness (QED) is 0.0170. The summed E-state index contributed by atoms with van der Waals surface area (Å²) in [4.78, 5) is 40.2. The van der Waals surface area contributed by atoms with E-state index in [1.54, 1.807) is 30.3 Å². The monoisotopic (exact) mass is 1350 g/mol. The van der Waals surface area contributed by atoms with Crippen molar-refractivity contribution in [3.63, 3.8) is 0 Å². The number of phenolic OH excluding ortho intramolecular Hbond substituents is 1. The van der Waals surface area contributed by atoms with Crippen LogP contribution in [0.2, 0.25) is 0 Å². The van der Waals surface area contributed by atoms with Gasteiger partial charge in [-0.1, -0.05) is 97.9 Å². The first kappa shape index (κ1) is 55.2. The lowest BCUT2D eigenvalue weighted by Crippen LogP contribution is -2.35. The number of amides is 2. The summed E-state index contributed by atoms with van der Waals surface area (Å²) in [7, 11) is -4.44. The number of carbonyl (C=O) groups excluding carboxylic acids is 2. The number of aryl methyl sites for hydroxylation is 1. The van der Waals surface area contributed by atoms with Crippen molar-refractivity contribution in [3.8, 4) is 56.2 Å². The second-order valence-electron chi connectivity index (χ2n) is 19.6. The minimum Gasteiger partial charge on any atom is -0.505 e. The van der Waals surface area contributed by atoms with Gasteiger partial charge in [0.05, 0.1) is 15.0 Å². The van der Waals surface area contributed by atoms with E-state index in [1.807, 2.05) is 104 Å². The van der Waals surface area contributed by atoms with Gasteiger partial charge in [0, 0.05) is 66.2 Å². The number of hydrogen-bond donors (Lipinski definition) is 4. The number of allylic oxidation sites excluding steroid dienone is 2. The van der Waals surface area contributed by atoms with Crippen molar-refractivity contribution in [2.45, 2.75) is 50.9 Å². The van der Waals surface area contributed by atoms with Gasteiger partial charge >= 0.3 is 21.9 Å². The Kier molecular flexibility index (Phi) is 15.6. The molecule has 4 N–H and O–H groups in total. The molecule has 11 rings (SSSR count). The Morgan fingerprint density at radius 1 is 0.762 bits per heavy atom. The molecule has 6 aromatic carbocycles. The summed E-state index contributed by atoms with van der Waals surface area (Å²) in [5.41, 5.74) is 9.01. The molecule has 19 heteroatoms. The van der Waals surface area contributed by atoms with Crippen LogP contribution in [0.15, 0.2) is 183 Å². The van der Waals surface area contributed by atoms with Crippen molar-refractivity contribution in [3.05, 3.63) is 191 Å². The summed E-state index contributed by atoms with van der Waals surface area (Å²) in [5.74, 6) is 1.14. The second-order valence-corrected chi connectivity index (χ2v) is 24.5. The van der Waals surface area contributed by atoms with Crippen LogP contribution in [-0.4, -0.2) is 54.9 Å². The Bertz CT molecular complexity index is 4170. The van der Waals surface area contributed by atoms with Crippen LogP contribution in [0.4, 0.5) is 5.69 Å². The highest BCUT2D eigenvalue weighted by molar-refractivity contribution is 9.11. The number of aromatic nitrogens is 1. The maximum atomic E-state index is 14.0. The molecule has 2 amide bonds. The molecule has 4 heterocycles. The topological polar surface area (TPSA) is 189 Å². The summed E-state index contributed by atoms with van der Waals surface area (Å²) in [6.45, 7) is 3.06. The fourth-order valence-electron chi connectivity index (χ4n) is 10.5. The van der Waals surface area contributed by atoms with E-state index in [1.165, 1.54) is 0 Å². The first-order valence-electron chi connectivity index (χ1n) is 25.8. The fourth-order valence-corrected chi connectivity index (χ4v) is 14.0. The summed E-state index contributed by atoms with van der Waals surface area (Å²) in [6, 6.07) is 42.2. The first-order chi connectivity index (χ1) is 38.5. The van der Waals surface area contributed by atoms with Gasteiger partial charge in [0.15, 0.2) is 35.9 Å². The summed E-state index contributed by atoms with van der Waals surface area (Å²) >= 11 is 13.7. The van der Waals surface area contributed by atoms with Crippen LogP contribution in [0.3, 0.4) is 0 Å². The van der Waals surface area contributed by atoms with Gasteiger partial charge in [0.1, 0.15) is 14.7 Å². The average molecular weight is 1350 g/mol. The largest absolute Gasteiger partial charge is 0.505 e. The molecular weight excluding hydrogens is 1300 g/mol. The lowest BCUT2D eigenvalue weighted by Gasteiger charge is -2.20. The first-order valence-corrected chi connectivity index (χ1v) is 30.5. The molecule has 0 radical (unpaired) electrons. The average Bonchev–Trinajstić information content (AvgIpc) is 4.28. The molecule has 4 aliphatic rings. The van der Waals surface area contributed by atoms with Crippen molar-refractivity contribution in [2.24, 2.45) is 0 Å². The molecule has 1 fully saturated rings. The molecule has 7 aromatic rings. The third kappa shape index (κ3) is 10.6. The number of oxazole rings is 1. The van der Waals surface area contributed by atoms with Crippen LogP contribution in [-0.2, 0) is 21.5 Å². The molecular formula is C61H50Br4N4O10S+2. The Balaban J connectivity index is 0.771. The summed E-state index contributed by atoms with van der Waals surface area (Å²) < 4.78 is 58.4. The van der Waals surface area contributed by atoms with E-state index in [2.05, 4.69) is 97.1 Å². The van der Waals surface area contributed by atoms with E-state index in [-0.39, 0.29) is 78.3 Å². The maximum absolute atomic E-state index is 14.0. The van der Waals surface area contributed by atoms with Crippen molar-refractivity contribution in [1.82, 2.24) is 15.1 Å². The van der Waals surface area contributed by atoms with Gasteiger partial charge < -0.3 is 29.3 Å². The van der Waals surface area contributed by atoms with Gasteiger partial charge in [-0.25, -0.2) is 0 Å². The molecule has 3 aliphatic heterocycles. The Hall–Kier alpha value is -6.71. The van der Waals surface area contributed by atoms with Crippen LogP contribution < -0.4 is 29.8 Å². The van der Waals surface area contributed by atoms with Crippen LogP contribution in [0.1, 0.15) is 55.3 Å². The molecule has 406 valence electrons. The molecule has 1 saturated heterocycles. The Morgan fingerprint density at radius 3 is 2.16 bits per heavy atom. The lowest BCUT2D eigenvalue weighted by molar-refractivity contribution is -0.678. The third-order valence-electron chi connectivity index (χ3n) is 14.6. The molecule has 14 nitrogen and oxygen atoms in total. The minimum atomic E-state index is -4.44. The predicted molar refractivity (Wildman–Crippen MR) is 324 cm³/mol. The van der Waals surface area contributed by atoms with Crippen LogP contribution in [0.5, 0.6) is 11.5 Å². The van der Waals surface area contributed by atoms with Crippen molar-refractivity contribution >= 4 is 119 Å². The Labute approximate surface area is 494 Å². The number of benzene rings is 7. The van der Waals surface area contributed by atoms with Gasteiger partial charge in [-0.2, -0.15) is 17.5 Å². The zero-order chi connectivity index (χ0) is 56.0. The van der Waals surface area contributed by atoms with Gasteiger partial charge in [0.25, 0.3) is 16.8 Å². The minimum absolute atomic E-state index is 0.0934. The Morgan fingerprint density at radius 2 is 1.45 bits per heavy atom. The van der Waals surface area contributed by atoms with E-state index in [4.69, 9.17) is 13.6 Å². The highest BCUT2D eigenvalue weighted by Crippen LogP contribution is 2.57. The number of fused-ring (bicyclic) bond motifs is 5. The SMILES string of the molecule is CCC(=Cc1oc2ccc(-c3ccccc3)cc2[n+]1CCCCCC(=O)NCCNC(=O)c1ccccc1-c1c2cc(Br)c(=O)c(Br)c-2oc2c(Br)c(O)c(Br)cc12)C=C1Oc2ccc(-c3ccccc3)cc2[N+]12CC2S(=O)(=O)O. The number of phenols is 1. The van der Waals surface area contributed by atoms with Gasteiger partial charge in [-0.05, 0) is 147 Å². The number of halogens is 4.